The fraction of sp³-hybridized carbons (Fsp3) is 0.200. The van der Waals surface area contributed by atoms with Crippen molar-refractivity contribution in [2.24, 2.45) is 0 Å². The van der Waals surface area contributed by atoms with E-state index in [0.29, 0.717) is 18.1 Å². The molecule has 0 aliphatic carbocycles. The molecule has 0 amide bonds. The average Bonchev–Trinajstić information content (AvgIpc) is 2.44. The number of nitrogens with two attached hydrogens (primary N) is 1. The number of rotatable bonds is 5. The fourth-order valence-corrected chi connectivity index (χ4v) is 1.86. The van der Waals surface area contributed by atoms with Crippen LogP contribution in [-0.4, -0.2) is 13.7 Å². The molecule has 3 nitrogen and oxygen atoms in total. The van der Waals surface area contributed by atoms with Gasteiger partial charge in [0, 0.05) is 19.2 Å². The van der Waals surface area contributed by atoms with E-state index in [-0.39, 0.29) is 10.7 Å². The smallest absolute Gasteiger partial charge is 0.151 e. The van der Waals surface area contributed by atoms with Gasteiger partial charge in [-0.3, -0.25) is 0 Å². The van der Waals surface area contributed by atoms with Gasteiger partial charge in [-0.2, -0.15) is 0 Å². The first-order valence-electron chi connectivity index (χ1n) is 6.10. The van der Waals surface area contributed by atoms with Crippen LogP contribution in [0.4, 0.5) is 10.1 Å². The van der Waals surface area contributed by atoms with E-state index < -0.39 is 5.82 Å². The van der Waals surface area contributed by atoms with Gasteiger partial charge in [-0.15, -0.1) is 0 Å². The highest BCUT2D eigenvalue weighted by molar-refractivity contribution is 6.31. The van der Waals surface area contributed by atoms with E-state index in [4.69, 9.17) is 26.8 Å². The molecule has 2 rings (SSSR count). The Hall–Kier alpha value is -1.78. The van der Waals surface area contributed by atoms with Crippen LogP contribution in [0, 0.1) is 5.82 Å². The molecule has 0 atom stereocenters. The molecule has 0 radical (unpaired) electrons. The molecule has 0 saturated heterocycles. The highest BCUT2D eigenvalue weighted by Crippen LogP contribution is 2.32. The Balaban J connectivity index is 2.12. The molecular formula is C15H15ClFNO2. The zero-order valence-electron chi connectivity index (χ0n) is 11.0. The number of nitrogen functional groups attached to an aromatic ring is 1. The van der Waals surface area contributed by atoms with Crippen molar-refractivity contribution >= 4 is 17.3 Å². The maximum Gasteiger partial charge on any atom is 0.151 e. The second-order valence-corrected chi connectivity index (χ2v) is 4.70. The molecule has 0 unspecified atom stereocenters. The summed E-state index contributed by atoms with van der Waals surface area (Å²) in [7, 11) is 1.67. The van der Waals surface area contributed by atoms with Crippen LogP contribution >= 0.6 is 11.6 Å². The van der Waals surface area contributed by atoms with Crippen LogP contribution in [0.3, 0.4) is 0 Å². The predicted octanol–water partition coefficient (Wildman–Crippen LogP) is 4.04. The fourth-order valence-electron chi connectivity index (χ4n) is 1.70. The van der Waals surface area contributed by atoms with Gasteiger partial charge in [-0.25, -0.2) is 4.39 Å². The van der Waals surface area contributed by atoms with Gasteiger partial charge in [0.15, 0.2) is 5.75 Å². The van der Waals surface area contributed by atoms with Gasteiger partial charge in [0.1, 0.15) is 11.6 Å². The normalized spacial score (nSPS) is 10.6. The third kappa shape index (κ3) is 3.62. The summed E-state index contributed by atoms with van der Waals surface area (Å²) in [6.45, 7) is 0.667. The minimum Gasteiger partial charge on any atom is -0.455 e. The summed E-state index contributed by atoms with van der Waals surface area (Å²) in [6.07, 6.45) is 0.835. The van der Waals surface area contributed by atoms with E-state index in [0.717, 1.165) is 18.1 Å². The summed E-state index contributed by atoms with van der Waals surface area (Å²) in [4.78, 5) is 0. The summed E-state index contributed by atoms with van der Waals surface area (Å²) in [5.74, 6) is 0.382. The third-order valence-electron chi connectivity index (χ3n) is 2.80. The van der Waals surface area contributed by atoms with Gasteiger partial charge in [0.05, 0.1) is 17.3 Å². The predicted molar refractivity (Wildman–Crippen MR) is 77.9 cm³/mol. The van der Waals surface area contributed by atoms with Crippen molar-refractivity contribution in [3.8, 4) is 11.5 Å². The van der Waals surface area contributed by atoms with E-state index in [1.165, 1.54) is 6.07 Å². The van der Waals surface area contributed by atoms with Crippen molar-refractivity contribution in [3.63, 3.8) is 0 Å². The molecule has 0 spiro atoms. The summed E-state index contributed by atoms with van der Waals surface area (Å²) in [6, 6.07) is 10.0. The standard InChI is InChI=1S/C15H15ClFNO2/c1-19-7-6-10-2-4-11(5-3-10)20-15-8-12(16)13(17)9-14(15)18/h2-5,8-9H,6-7,18H2,1H3. The molecule has 20 heavy (non-hydrogen) atoms. The van der Waals surface area contributed by atoms with Crippen molar-refractivity contribution in [1.29, 1.82) is 0 Å². The zero-order valence-corrected chi connectivity index (χ0v) is 11.8. The molecular weight excluding hydrogens is 281 g/mol. The van der Waals surface area contributed by atoms with Crippen molar-refractivity contribution in [3.05, 3.63) is 52.8 Å². The molecule has 2 N–H and O–H groups in total. The summed E-state index contributed by atoms with van der Waals surface area (Å²) >= 11 is 5.71. The second-order valence-electron chi connectivity index (χ2n) is 4.29. The Kier molecular flexibility index (Phi) is 4.82. The van der Waals surface area contributed by atoms with Crippen LogP contribution < -0.4 is 10.5 Å². The maximum atomic E-state index is 13.2. The van der Waals surface area contributed by atoms with Crippen LogP contribution in [0.25, 0.3) is 0 Å². The molecule has 0 heterocycles. The molecule has 0 saturated carbocycles. The lowest BCUT2D eigenvalue weighted by Gasteiger charge is -2.10. The summed E-state index contributed by atoms with van der Waals surface area (Å²) in [5, 5.41) is -0.0223. The largest absolute Gasteiger partial charge is 0.455 e. The second kappa shape index (κ2) is 6.59. The van der Waals surface area contributed by atoms with Gasteiger partial charge in [-0.05, 0) is 24.1 Å². The Labute approximate surface area is 122 Å². The zero-order chi connectivity index (χ0) is 14.5. The van der Waals surface area contributed by atoms with E-state index in [1.54, 1.807) is 7.11 Å². The van der Waals surface area contributed by atoms with Crippen LogP contribution in [0.2, 0.25) is 5.02 Å². The quantitative estimate of drug-likeness (QED) is 0.847. The molecule has 5 heteroatoms. The number of ether oxygens (including phenoxy) is 2. The molecule has 0 aromatic heterocycles. The monoisotopic (exact) mass is 295 g/mol. The Morgan fingerprint density at radius 1 is 1.20 bits per heavy atom. The van der Waals surface area contributed by atoms with E-state index in [1.807, 2.05) is 24.3 Å². The number of hydrogen-bond acceptors (Lipinski definition) is 3. The minimum atomic E-state index is -0.563. The maximum absolute atomic E-state index is 13.2. The summed E-state index contributed by atoms with van der Waals surface area (Å²) < 4.78 is 23.8. The van der Waals surface area contributed by atoms with E-state index >= 15 is 0 Å². The average molecular weight is 296 g/mol. The first-order valence-corrected chi connectivity index (χ1v) is 6.48. The molecule has 2 aromatic carbocycles. The van der Waals surface area contributed by atoms with Gasteiger partial charge in [-0.1, -0.05) is 23.7 Å². The van der Waals surface area contributed by atoms with E-state index in [2.05, 4.69) is 0 Å². The topological polar surface area (TPSA) is 44.5 Å². The first kappa shape index (κ1) is 14.6. The molecule has 2 aromatic rings. The lowest BCUT2D eigenvalue weighted by molar-refractivity contribution is 0.202. The van der Waals surface area contributed by atoms with Crippen molar-refractivity contribution in [2.45, 2.75) is 6.42 Å². The van der Waals surface area contributed by atoms with Gasteiger partial charge < -0.3 is 15.2 Å². The highest BCUT2D eigenvalue weighted by atomic mass is 35.5. The van der Waals surface area contributed by atoms with Crippen LogP contribution in [-0.2, 0) is 11.2 Å². The van der Waals surface area contributed by atoms with Gasteiger partial charge in [0.2, 0.25) is 0 Å². The minimum absolute atomic E-state index is 0.0223. The SMILES string of the molecule is COCCc1ccc(Oc2cc(Cl)c(F)cc2N)cc1. The number of anilines is 1. The Bertz CT molecular complexity index is 587. The Morgan fingerprint density at radius 2 is 1.90 bits per heavy atom. The van der Waals surface area contributed by atoms with Gasteiger partial charge >= 0.3 is 0 Å². The van der Waals surface area contributed by atoms with Crippen LogP contribution in [0.5, 0.6) is 11.5 Å². The van der Waals surface area contributed by atoms with Crippen molar-refractivity contribution in [1.82, 2.24) is 0 Å². The van der Waals surface area contributed by atoms with Crippen molar-refractivity contribution < 1.29 is 13.9 Å². The first-order chi connectivity index (χ1) is 9.60. The summed E-state index contributed by atoms with van der Waals surface area (Å²) in [5.41, 5.74) is 7.04. The molecule has 0 bridgehead atoms. The molecule has 0 fully saturated rings. The number of halogens is 2. The van der Waals surface area contributed by atoms with E-state index in [9.17, 15) is 4.39 Å². The lowest BCUT2D eigenvalue weighted by atomic mass is 10.1. The molecule has 106 valence electrons. The van der Waals surface area contributed by atoms with Crippen LogP contribution in [0.15, 0.2) is 36.4 Å². The molecule has 0 aliphatic heterocycles. The highest BCUT2D eigenvalue weighted by Gasteiger charge is 2.08. The van der Waals surface area contributed by atoms with Crippen molar-refractivity contribution in [2.75, 3.05) is 19.5 Å². The third-order valence-corrected chi connectivity index (χ3v) is 3.09. The lowest BCUT2D eigenvalue weighted by Crippen LogP contribution is -1.95. The number of benzene rings is 2. The number of hydrogen-bond donors (Lipinski definition) is 1. The number of methoxy groups -OCH3 is 1. The molecule has 0 aliphatic rings. The van der Waals surface area contributed by atoms with Crippen LogP contribution in [0.1, 0.15) is 5.56 Å². The van der Waals surface area contributed by atoms with Gasteiger partial charge in [0.25, 0.3) is 0 Å². The Morgan fingerprint density at radius 3 is 2.55 bits per heavy atom.